The van der Waals surface area contributed by atoms with Crippen molar-refractivity contribution in [2.45, 2.75) is 11.8 Å². The molecular formula is C26H25N3O5S. The highest BCUT2D eigenvalue weighted by Gasteiger charge is 2.34. The number of rotatable bonds is 4. The zero-order valence-electron chi connectivity index (χ0n) is 19.2. The lowest BCUT2D eigenvalue weighted by Crippen LogP contribution is -2.41. The van der Waals surface area contributed by atoms with Crippen LogP contribution in [0.1, 0.15) is 27.6 Å². The van der Waals surface area contributed by atoms with Crippen molar-refractivity contribution >= 4 is 33.2 Å². The Bertz CT molecular complexity index is 1410. The van der Waals surface area contributed by atoms with Gasteiger partial charge < -0.3 is 15.0 Å². The summed E-state index contributed by atoms with van der Waals surface area (Å²) >= 11 is 0. The summed E-state index contributed by atoms with van der Waals surface area (Å²) in [5, 5.41) is 2.87. The fourth-order valence-electron chi connectivity index (χ4n) is 4.52. The van der Waals surface area contributed by atoms with Crippen LogP contribution in [0, 0.1) is 0 Å². The van der Waals surface area contributed by atoms with Crippen LogP contribution in [0.25, 0.3) is 11.1 Å². The van der Waals surface area contributed by atoms with Crippen molar-refractivity contribution < 1.29 is 22.7 Å². The van der Waals surface area contributed by atoms with Crippen molar-refractivity contribution in [3.63, 3.8) is 0 Å². The molecule has 1 N–H and O–H groups in total. The zero-order valence-corrected chi connectivity index (χ0v) is 20.0. The monoisotopic (exact) mass is 491 g/mol. The van der Waals surface area contributed by atoms with E-state index in [1.165, 1.54) is 4.31 Å². The fraction of sp³-hybridized carbons (Fsp3) is 0.231. The number of amides is 2. The number of carbonyl (C=O) groups is 2. The van der Waals surface area contributed by atoms with Gasteiger partial charge in [0.05, 0.1) is 35.0 Å². The number of nitrogens with one attached hydrogen (secondary N) is 1. The summed E-state index contributed by atoms with van der Waals surface area (Å²) in [6.07, 6.45) is 0. The molecule has 0 aliphatic carbocycles. The van der Waals surface area contributed by atoms with E-state index in [1.54, 1.807) is 78.6 Å². The van der Waals surface area contributed by atoms with Gasteiger partial charge in [-0.25, -0.2) is 8.42 Å². The Morgan fingerprint density at radius 3 is 2.43 bits per heavy atom. The SMILES string of the molecule is CCN1c2ccc(C(=O)Nc3ccccc3C(=O)N3CCOCC3)cc2-c2ccccc2S1(=O)=O. The van der Waals surface area contributed by atoms with Crippen LogP contribution >= 0.6 is 0 Å². The standard InChI is InChI=1S/C26H25N3O5S/c1-2-29-23-12-11-18(17-21(23)19-7-4-6-10-24(19)35(29,32)33)25(30)27-22-9-5-3-8-20(22)26(31)28-13-15-34-16-14-28/h3-12,17H,2,13-16H2,1H3,(H,27,30). The summed E-state index contributed by atoms with van der Waals surface area (Å²) in [5.74, 6) is -0.545. The average molecular weight is 492 g/mol. The molecule has 9 heteroatoms. The molecular weight excluding hydrogens is 466 g/mol. The number of carbonyl (C=O) groups excluding carboxylic acids is 2. The highest BCUT2D eigenvalue weighted by molar-refractivity contribution is 7.93. The van der Waals surface area contributed by atoms with Crippen molar-refractivity contribution in [3.8, 4) is 11.1 Å². The molecule has 0 aromatic heterocycles. The third kappa shape index (κ3) is 4.06. The van der Waals surface area contributed by atoms with Crippen LogP contribution < -0.4 is 9.62 Å². The van der Waals surface area contributed by atoms with E-state index in [0.717, 1.165) is 0 Å². The van der Waals surface area contributed by atoms with Gasteiger partial charge in [0.2, 0.25) is 0 Å². The van der Waals surface area contributed by atoms with E-state index in [1.807, 2.05) is 0 Å². The van der Waals surface area contributed by atoms with Crippen LogP contribution in [-0.4, -0.2) is 58.0 Å². The molecule has 0 spiro atoms. The fourth-order valence-corrected chi connectivity index (χ4v) is 6.22. The topological polar surface area (TPSA) is 96.0 Å². The van der Waals surface area contributed by atoms with Gasteiger partial charge in [-0.1, -0.05) is 30.3 Å². The molecule has 3 aromatic carbocycles. The van der Waals surface area contributed by atoms with Crippen molar-refractivity contribution in [1.29, 1.82) is 0 Å². The number of benzene rings is 3. The number of sulfonamides is 1. The molecule has 2 amide bonds. The predicted octanol–water partition coefficient (Wildman–Crippen LogP) is 3.61. The molecule has 0 saturated carbocycles. The van der Waals surface area contributed by atoms with Crippen LogP contribution in [0.5, 0.6) is 0 Å². The van der Waals surface area contributed by atoms with Gasteiger partial charge in [-0.3, -0.25) is 13.9 Å². The summed E-state index contributed by atoms with van der Waals surface area (Å²) < 4.78 is 32.9. The minimum atomic E-state index is -3.67. The first-order chi connectivity index (χ1) is 16.9. The summed E-state index contributed by atoms with van der Waals surface area (Å²) in [6.45, 7) is 4.03. The summed E-state index contributed by atoms with van der Waals surface area (Å²) in [4.78, 5) is 28.2. The van der Waals surface area contributed by atoms with Crippen LogP contribution in [-0.2, 0) is 14.8 Å². The van der Waals surface area contributed by atoms with Crippen LogP contribution in [0.15, 0.2) is 71.6 Å². The molecule has 3 aromatic rings. The summed E-state index contributed by atoms with van der Waals surface area (Å²) in [7, 11) is -3.67. The van der Waals surface area contributed by atoms with Crippen molar-refractivity contribution in [1.82, 2.24) is 4.90 Å². The van der Waals surface area contributed by atoms with Crippen LogP contribution in [0.4, 0.5) is 11.4 Å². The number of anilines is 2. The molecule has 8 nitrogen and oxygen atoms in total. The Kier molecular flexibility index (Phi) is 6.04. The molecule has 180 valence electrons. The Labute approximate surface area is 204 Å². The molecule has 2 heterocycles. The van der Waals surface area contributed by atoms with E-state index in [0.29, 0.717) is 59.9 Å². The van der Waals surface area contributed by atoms with Gasteiger partial charge in [-0.15, -0.1) is 0 Å². The third-order valence-corrected chi connectivity index (χ3v) is 8.21. The van der Waals surface area contributed by atoms with Gasteiger partial charge in [-0.05, 0) is 43.3 Å². The molecule has 1 fully saturated rings. The molecule has 2 aliphatic rings. The maximum absolute atomic E-state index is 13.3. The van der Waals surface area contributed by atoms with Gasteiger partial charge in [0.15, 0.2) is 0 Å². The lowest BCUT2D eigenvalue weighted by molar-refractivity contribution is 0.0303. The van der Waals surface area contributed by atoms with E-state index in [4.69, 9.17) is 4.74 Å². The third-order valence-electron chi connectivity index (χ3n) is 6.26. The lowest BCUT2D eigenvalue weighted by atomic mass is 9.99. The quantitative estimate of drug-likeness (QED) is 0.602. The predicted molar refractivity (Wildman–Crippen MR) is 133 cm³/mol. The summed E-state index contributed by atoms with van der Waals surface area (Å²) in [5.41, 5.74) is 2.96. The normalized spacial score (nSPS) is 16.3. The number of nitrogens with zero attached hydrogens (tertiary/aromatic N) is 2. The maximum Gasteiger partial charge on any atom is 0.264 e. The van der Waals surface area contributed by atoms with Gasteiger partial charge >= 0.3 is 0 Å². The number of hydrogen-bond donors (Lipinski definition) is 1. The van der Waals surface area contributed by atoms with Crippen LogP contribution in [0.2, 0.25) is 0 Å². The molecule has 0 bridgehead atoms. The number of morpholine rings is 1. The second-order valence-electron chi connectivity index (χ2n) is 8.30. The maximum atomic E-state index is 13.3. The second kappa shape index (κ2) is 9.16. The molecule has 0 atom stereocenters. The first kappa shape index (κ1) is 23.1. The molecule has 2 aliphatic heterocycles. The smallest absolute Gasteiger partial charge is 0.264 e. The van der Waals surface area contributed by atoms with Gasteiger partial charge in [0, 0.05) is 36.3 Å². The minimum Gasteiger partial charge on any atom is -0.378 e. The van der Waals surface area contributed by atoms with E-state index in [-0.39, 0.29) is 23.3 Å². The number of ether oxygens (including phenoxy) is 1. The molecule has 0 radical (unpaired) electrons. The molecule has 35 heavy (non-hydrogen) atoms. The van der Waals surface area contributed by atoms with E-state index < -0.39 is 10.0 Å². The number of fused-ring (bicyclic) bond motifs is 3. The highest BCUT2D eigenvalue weighted by Crippen LogP contribution is 2.43. The Morgan fingerprint density at radius 2 is 1.66 bits per heavy atom. The minimum absolute atomic E-state index is 0.160. The van der Waals surface area contributed by atoms with E-state index >= 15 is 0 Å². The molecule has 0 unspecified atom stereocenters. The Balaban J connectivity index is 1.48. The Hall–Kier alpha value is -3.69. The van der Waals surface area contributed by atoms with Crippen molar-refractivity contribution in [3.05, 3.63) is 77.9 Å². The number of para-hydroxylation sites is 1. The Morgan fingerprint density at radius 1 is 0.943 bits per heavy atom. The van der Waals surface area contributed by atoms with Crippen LogP contribution in [0.3, 0.4) is 0 Å². The van der Waals surface area contributed by atoms with Crippen molar-refractivity contribution in [2.24, 2.45) is 0 Å². The zero-order chi connectivity index (χ0) is 24.6. The average Bonchev–Trinajstić information content (AvgIpc) is 2.89. The highest BCUT2D eigenvalue weighted by atomic mass is 32.2. The van der Waals surface area contributed by atoms with Gasteiger partial charge in [0.1, 0.15) is 0 Å². The van der Waals surface area contributed by atoms with Crippen molar-refractivity contribution in [2.75, 3.05) is 42.5 Å². The lowest BCUT2D eigenvalue weighted by Gasteiger charge is -2.31. The second-order valence-corrected chi connectivity index (χ2v) is 10.1. The first-order valence-corrected chi connectivity index (χ1v) is 12.9. The first-order valence-electron chi connectivity index (χ1n) is 11.5. The van der Waals surface area contributed by atoms with E-state index in [2.05, 4.69) is 5.32 Å². The number of hydrogen-bond acceptors (Lipinski definition) is 5. The van der Waals surface area contributed by atoms with Gasteiger partial charge in [0.25, 0.3) is 21.8 Å². The molecule has 1 saturated heterocycles. The largest absolute Gasteiger partial charge is 0.378 e. The van der Waals surface area contributed by atoms with E-state index in [9.17, 15) is 18.0 Å². The van der Waals surface area contributed by atoms with Gasteiger partial charge in [-0.2, -0.15) is 0 Å². The molecule has 5 rings (SSSR count). The summed E-state index contributed by atoms with van der Waals surface area (Å²) in [6, 6.07) is 18.7.